The minimum Gasteiger partial charge on any atom is -0.377 e. The molecule has 2 aromatic heterocycles. The molecule has 0 amide bonds. The predicted molar refractivity (Wildman–Crippen MR) is 82.7 cm³/mol. The van der Waals surface area contributed by atoms with Gasteiger partial charge in [0.15, 0.2) is 11.5 Å². The molecule has 2 N–H and O–H groups in total. The van der Waals surface area contributed by atoms with Crippen LogP contribution in [0.3, 0.4) is 0 Å². The van der Waals surface area contributed by atoms with E-state index in [1.54, 1.807) is 6.33 Å². The Bertz CT molecular complexity index is 596. The van der Waals surface area contributed by atoms with E-state index in [1.165, 1.54) is 0 Å². The van der Waals surface area contributed by atoms with E-state index in [-0.39, 0.29) is 6.10 Å². The standard InChI is InChI=1S/C14H22N6O/c1-3-15-14-18-12-11(16-9-17-12)13(19-14)20-7-5-6-10(8-20)21-4-2/h9-10H,3-8H2,1-2H3,(H2,15,16,17,18,19). The van der Waals surface area contributed by atoms with Crippen LogP contribution in [-0.2, 0) is 4.74 Å². The third kappa shape index (κ3) is 2.92. The van der Waals surface area contributed by atoms with Gasteiger partial charge in [0.05, 0.1) is 12.4 Å². The van der Waals surface area contributed by atoms with Gasteiger partial charge in [0, 0.05) is 26.2 Å². The van der Waals surface area contributed by atoms with Crippen LogP contribution >= 0.6 is 0 Å². The first kappa shape index (κ1) is 14.1. The molecule has 7 heteroatoms. The summed E-state index contributed by atoms with van der Waals surface area (Å²) in [4.78, 5) is 18.8. The lowest BCUT2D eigenvalue weighted by Crippen LogP contribution is -2.40. The fourth-order valence-electron chi connectivity index (χ4n) is 2.79. The average Bonchev–Trinajstić information content (AvgIpc) is 2.96. The molecule has 1 saturated heterocycles. The number of nitrogens with zero attached hydrogens (tertiary/aromatic N) is 4. The number of hydrogen-bond acceptors (Lipinski definition) is 6. The number of anilines is 2. The highest BCUT2D eigenvalue weighted by Crippen LogP contribution is 2.26. The van der Waals surface area contributed by atoms with Gasteiger partial charge in [-0.25, -0.2) is 4.98 Å². The molecule has 21 heavy (non-hydrogen) atoms. The van der Waals surface area contributed by atoms with Gasteiger partial charge in [0.2, 0.25) is 5.95 Å². The molecule has 0 saturated carbocycles. The van der Waals surface area contributed by atoms with Gasteiger partial charge in [-0.2, -0.15) is 9.97 Å². The quantitative estimate of drug-likeness (QED) is 0.874. The van der Waals surface area contributed by atoms with Crippen molar-refractivity contribution >= 4 is 22.9 Å². The fraction of sp³-hybridized carbons (Fsp3) is 0.643. The number of imidazole rings is 1. The van der Waals surface area contributed by atoms with E-state index in [0.717, 1.165) is 50.4 Å². The first-order valence-corrected chi connectivity index (χ1v) is 7.63. The maximum Gasteiger partial charge on any atom is 0.226 e. The van der Waals surface area contributed by atoms with Crippen LogP contribution in [0.2, 0.25) is 0 Å². The van der Waals surface area contributed by atoms with E-state index in [1.807, 2.05) is 13.8 Å². The summed E-state index contributed by atoms with van der Waals surface area (Å²) < 4.78 is 5.78. The topological polar surface area (TPSA) is 79.0 Å². The Hall–Kier alpha value is -1.89. The van der Waals surface area contributed by atoms with Gasteiger partial charge in [0.1, 0.15) is 5.52 Å². The van der Waals surface area contributed by atoms with Crippen LogP contribution in [0.4, 0.5) is 11.8 Å². The summed E-state index contributed by atoms with van der Waals surface area (Å²) in [5.41, 5.74) is 1.60. The minimum absolute atomic E-state index is 0.277. The molecule has 1 unspecified atom stereocenters. The first-order valence-electron chi connectivity index (χ1n) is 7.63. The first-order chi connectivity index (χ1) is 10.3. The molecule has 1 aliphatic heterocycles. The van der Waals surface area contributed by atoms with Gasteiger partial charge in [-0.3, -0.25) is 0 Å². The van der Waals surface area contributed by atoms with Gasteiger partial charge in [0.25, 0.3) is 0 Å². The summed E-state index contributed by atoms with van der Waals surface area (Å²) >= 11 is 0. The normalized spacial score (nSPS) is 19.1. The molecule has 0 bridgehead atoms. The van der Waals surface area contributed by atoms with Crippen molar-refractivity contribution in [3.63, 3.8) is 0 Å². The lowest BCUT2D eigenvalue weighted by Gasteiger charge is -2.33. The smallest absolute Gasteiger partial charge is 0.226 e. The Morgan fingerprint density at radius 3 is 3.14 bits per heavy atom. The van der Waals surface area contributed by atoms with Gasteiger partial charge in [-0.1, -0.05) is 0 Å². The minimum atomic E-state index is 0.277. The predicted octanol–water partition coefficient (Wildman–Crippen LogP) is 1.79. The van der Waals surface area contributed by atoms with Crippen LogP contribution in [0, 0.1) is 0 Å². The SMILES string of the molecule is CCNc1nc(N2CCCC(OCC)C2)c2[nH]cnc2n1. The zero-order valence-electron chi connectivity index (χ0n) is 12.6. The number of hydrogen-bond donors (Lipinski definition) is 2. The molecule has 3 rings (SSSR count). The van der Waals surface area contributed by atoms with Crippen molar-refractivity contribution in [2.45, 2.75) is 32.8 Å². The maximum absolute atomic E-state index is 5.78. The Morgan fingerprint density at radius 1 is 1.43 bits per heavy atom. The third-order valence-electron chi connectivity index (χ3n) is 3.68. The van der Waals surface area contributed by atoms with Crippen LogP contribution in [0.15, 0.2) is 6.33 Å². The van der Waals surface area contributed by atoms with Gasteiger partial charge in [-0.15, -0.1) is 0 Å². The number of ether oxygens (including phenoxy) is 1. The van der Waals surface area contributed by atoms with Crippen molar-refractivity contribution in [3.8, 4) is 0 Å². The molecule has 3 heterocycles. The van der Waals surface area contributed by atoms with E-state index in [2.05, 4.69) is 30.2 Å². The lowest BCUT2D eigenvalue weighted by molar-refractivity contribution is 0.0525. The molecular weight excluding hydrogens is 268 g/mol. The van der Waals surface area contributed by atoms with E-state index in [0.29, 0.717) is 11.6 Å². The number of aromatic amines is 1. The van der Waals surface area contributed by atoms with Crippen LogP contribution in [0.5, 0.6) is 0 Å². The second kappa shape index (κ2) is 6.26. The van der Waals surface area contributed by atoms with Crippen LogP contribution in [-0.4, -0.2) is 52.3 Å². The highest BCUT2D eigenvalue weighted by atomic mass is 16.5. The molecule has 114 valence electrons. The second-order valence-corrected chi connectivity index (χ2v) is 5.17. The molecule has 0 aliphatic carbocycles. The third-order valence-corrected chi connectivity index (χ3v) is 3.68. The molecule has 0 radical (unpaired) electrons. The van der Waals surface area contributed by atoms with E-state index in [4.69, 9.17) is 4.74 Å². The molecule has 0 spiro atoms. The van der Waals surface area contributed by atoms with Crippen molar-refractivity contribution < 1.29 is 4.74 Å². The summed E-state index contributed by atoms with van der Waals surface area (Å²) in [5.74, 6) is 1.54. The van der Waals surface area contributed by atoms with Crippen molar-refractivity contribution in [1.29, 1.82) is 0 Å². The number of fused-ring (bicyclic) bond motifs is 1. The van der Waals surface area contributed by atoms with Crippen LogP contribution < -0.4 is 10.2 Å². The Balaban J connectivity index is 1.92. The summed E-state index contributed by atoms with van der Waals surface area (Å²) in [6.07, 6.45) is 4.17. The molecule has 0 aromatic carbocycles. The van der Waals surface area contributed by atoms with Crippen molar-refractivity contribution in [2.24, 2.45) is 0 Å². The van der Waals surface area contributed by atoms with Crippen molar-refractivity contribution in [1.82, 2.24) is 19.9 Å². The fourth-order valence-corrected chi connectivity index (χ4v) is 2.79. The maximum atomic E-state index is 5.78. The largest absolute Gasteiger partial charge is 0.377 e. The Morgan fingerprint density at radius 2 is 2.33 bits per heavy atom. The highest BCUT2D eigenvalue weighted by molar-refractivity contribution is 5.84. The number of rotatable bonds is 5. The monoisotopic (exact) mass is 290 g/mol. The highest BCUT2D eigenvalue weighted by Gasteiger charge is 2.24. The summed E-state index contributed by atoms with van der Waals surface area (Å²) in [6, 6.07) is 0. The molecule has 2 aromatic rings. The summed E-state index contributed by atoms with van der Waals surface area (Å²) in [5, 5.41) is 3.17. The van der Waals surface area contributed by atoms with E-state index >= 15 is 0 Å². The van der Waals surface area contributed by atoms with E-state index in [9.17, 15) is 0 Å². The Labute approximate surface area is 124 Å². The zero-order valence-corrected chi connectivity index (χ0v) is 12.6. The Kier molecular flexibility index (Phi) is 4.19. The van der Waals surface area contributed by atoms with Crippen LogP contribution in [0.25, 0.3) is 11.2 Å². The molecule has 1 aliphatic rings. The summed E-state index contributed by atoms with van der Waals surface area (Å²) in [7, 11) is 0. The molecule has 1 fully saturated rings. The van der Waals surface area contributed by atoms with Gasteiger partial charge in [-0.05, 0) is 26.7 Å². The summed E-state index contributed by atoms with van der Waals surface area (Å²) in [6.45, 7) is 7.47. The van der Waals surface area contributed by atoms with Crippen molar-refractivity contribution in [3.05, 3.63) is 6.33 Å². The van der Waals surface area contributed by atoms with Gasteiger partial charge >= 0.3 is 0 Å². The second-order valence-electron chi connectivity index (χ2n) is 5.17. The number of H-pyrrole nitrogens is 1. The van der Waals surface area contributed by atoms with E-state index < -0.39 is 0 Å². The molecular formula is C14H22N6O. The number of piperidine rings is 1. The number of nitrogens with one attached hydrogen (secondary N) is 2. The van der Waals surface area contributed by atoms with Crippen LogP contribution in [0.1, 0.15) is 26.7 Å². The molecule has 1 atom stereocenters. The number of aromatic nitrogens is 4. The lowest BCUT2D eigenvalue weighted by atomic mass is 10.1. The molecule has 7 nitrogen and oxygen atoms in total. The van der Waals surface area contributed by atoms with Crippen molar-refractivity contribution in [2.75, 3.05) is 36.5 Å². The van der Waals surface area contributed by atoms with Gasteiger partial charge < -0.3 is 19.9 Å². The zero-order chi connectivity index (χ0) is 14.7. The average molecular weight is 290 g/mol.